The molecule has 0 unspecified atom stereocenters. The van der Waals surface area contributed by atoms with E-state index < -0.39 is 18.1 Å². The summed E-state index contributed by atoms with van der Waals surface area (Å²) < 4.78 is 53.1. The van der Waals surface area contributed by atoms with E-state index in [0.29, 0.717) is 15.5 Å². The van der Waals surface area contributed by atoms with Crippen LogP contribution >= 0.6 is 126 Å². The van der Waals surface area contributed by atoms with E-state index in [4.69, 9.17) is 64.9 Å². The number of hydrogen-bond donors (Lipinski definition) is 0. The molecule has 21 heteroatoms. The number of hydrogen-bond acceptors (Lipinski definition) is 16. The summed E-state index contributed by atoms with van der Waals surface area (Å²) in [6.07, 6.45) is 0. The minimum absolute atomic E-state index is 0.0298. The lowest BCUT2D eigenvalue weighted by atomic mass is 9.95. The van der Waals surface area contributed by atoms with Gasteiger partial charge in [0, 0.05) is 98.4 Å². The van der Waals surface area contributed by atoms with Crippen LogP contribution in [0, 0.1) is 0 Å². The Balaban J connectivity index is 0.0000000944. The Labute approximate surface area is 756 Å². The summed E-state index contributed by atoms with van der Waals surface area (Å²) in [6, 6.07) is 102. The highest BCUT2D eigenvalue weighted by atomic mass is 35.5. The van der Waals surface area contributed by atoms with E-state index in [1.54, 1.807) is 56.7 Å². The van der Waals surface area contributed by atoms with Crippen molar-refractivity contribution in [3.63, 3.8) is 0 Å². The molecule has 0 saturated carbocycles. The monoisotopic (exact) mass is 1790 g/mol. The summed E-state index contributed by atoms with van der Waals surface area (Å²) in [5, 5.41) is 18.7. The molecule has 26 aromatic rings. The van der Waals surface area contributed by atoms with Gasteiger partial charge in [0.05, 0.1) is 86.4 Å². The summed E-state index contributed by atoms with van der Waals surface area (Å²) in [5.74, 6) is 0. The molecular weight excluding hydrogens is 1730 g/mol. The fraction of sp³-hybridized carbons (Fsp3) is 0. The van der Waals surface area contributed by atoms with Crippen molar-refractivity contribution in [2.24, 2.45) is 0 Å². The van der Waals surface area contributed by atoms with Crippen LogP contribution in [0.2, 0.25) is 26.4 Å². The minimum Gasteiger partial charge on any atom is -0.216 e. The SMILES string of the molecule is Clc1nc(-c2cc3ccccc3c3ccccc23)c2sc3ccccc3c2n1.Clc1nc(-c2ccc3ccccc3c2)c2sc3ccccc3c2n1.Clc1nc(-c2cccc3c2sc2ccccc23)c2sc3ccccc3c2n1.Clc1nc(-c2cccc3ccccc23)c2sc3ccccc3c2n1.[2H]c1c([2H])c([2H])c(-c2nc(Cl)nc3c2sc2ccccc23)c([2H])c1[2H]. The van der Waals surface area contributed by atoms with E-state index in [2.05, 4.69) is 274 Å². The maximum absolute atomic E-state index is 8.18. The quantitative estimate of drug-likeness (QED) is 0.121. The van der Waals surface area contributed by atoms with Gasteiger partial charge >= 0.3 is 0 Å². The van der Waals surface area contributed by atoms with Gasteiger partial charge in [-0.1, -0.05) is 285 Å². The van der Waals surface area contributed by atoms with Gasteiger partial charge in [0.25, 0.3) is 0 Å². The number of nitrogens with zero attached hydrogens (tertiary/aromatic N) is 10. The van der Waals surface area contributed by atoms with Gasteiger partial charge in [0.2, 0.25) is 26.4 Å². The van der Waals surface area contributed by atoms with E-state index in [9.17, 15) is 0 Å². The van der Waals surface area contributed by atoms with Gasteiger partial charge in [-0.25, -0.2) is 49.8 Å². The third-order valence-corrected chi connectivity index (χ3v) is 29.3. The largest absolute Gasteiger partial charge is 0.223 e. The number of thiophene rings is 6. The second kappa shape index (κ2) is 32.4. The number of aromatic nitrogens is 10. The van der Waals surface area contributed by atoms with E-state index in [1.165, 1.54) is 93.4 Å². The molecule has 584 valence electrons. The molecule has 26 rings (SSSR count). The second-order valence-corrected chi connectivity index (χ2v) is 36.6. The molecular formula is C102H55Cl5N10S6. The topological polar surface area (TPSA) is 129 Å². The van der Waals surface area contributed by atoms with Crippen molar-refractivity contribution < 1.29 is 6.85 Å². The van der Waals surface area contributed by atoms with E-state index >= 15 is 0 Å². The van der Waals surface area contributed by atoms with Crippen LogP contribution in [-0.4, -0.2) is 49.8 Å². The maximum Gasteiger partial charge on any atom is 0.223 e. The first kappa shape index (κ1) is 71.1. The Bertz CT molecular complexity index is 9040. The van der Waals surface area contributed by atoms with E-state index in [-0.39, 0.29) is 44.5 Å². The molecule has 15 aromatic carbocycles. The van der Waals surface area contributed by atoms with Crippen LogP contribution < -0.4 is 0 Å². The standard InChI is InChI=1S/C24H13ClN2S.C22H11ClN2S2.2C20H11ClN2S.C16H9ClN2S/c25-24-26-21-18-11-5-6-12-20(18)28-23(21)22(27-24)19-13-14-7-1-2-8-15(14)16-9-3-4-10-17(16)19;23-22-24-18-14-7-2-4-11-17(14)27-21(18)19(25-22)15-9-5-8-13-12-6-1-3-10-16(12)26-20(13)15;21-20-22-17(14-10-5-7-12-6-1-2-8-13(12)14)19-18(23-20)15-9-3-4-11-16(15)24-19;21-20-22-17(14-10-9-12-5-1-2-6-13(12)11-14)19-18(23-20)15-7-3-4-8-16(15)24-19;17-16-18-13(10-6-2-1-3-7-10)15-14(19-16)11-8-4-5-9-12(11)20-15/h1-13H;1-11H;2*1-11H;1-9H/i;;;;1D,2D,3D,6D,7D. The molecule has 0 amide bonds. The molecule has 0 spiro atoms. The summed E-state index contributed by atoms with van der Waals surface area (Å²) >= 11 is 41.4. The van der Waals surface area contributed by atoms with Crippen LogP contribution in [0.5, 0.6) is 0 Å². The van der Waals surface area contributed by atoms with Gasteiger partial charge in [-0.2, -0.15) is 0 Å². The molecule has 0 saturated heterocycles. The first-order chi connectivity index (χ1) is 62.6. The molecule has 123 heavy (non-hydrogen) atoms. The molecule has 0 atom stereocenters. The Kier molecular flexibility index (Phi) is 18.7. The van der Waals surface area contributed by atoms with E-state index in [1.807, 2.05) is 78.9 Å². The van der Waals surface area contributed by atoms with Gasteiger partial charge < -0.3 is 0 Å². The second-order valence-electron chi connectivity index (χ2n) is 28.6. The molecule has 0 aliphatic carbocycles. The highest BCUT2D eigenvalue weighted by Gasteiger charge is 2.24. The molecule has 0 fully saturated rings. The van der Waals surface area contributed by atoms with Gasteiger partial charge in [0.15, 0.2) is 0 Å². The first-order valence-corrected chi connectivity index (χ1v) is 45.5. The normalized spacial score (nSPS) is 12.2. The van der Waals surface area contributed by atoms with Crippen molar-refractivity contribution in [2.75, 3.05) is 0 Å². The number of benzene rings is 15. The summed E-state index contributed by atoms with van der Waals surface area (Å²) in [5.41, 5.74) is 12.6. The van der Waals surface area contributed by atoms with Crippen LogP contribution in [0.4, 0.5) is 0 Å². The highest BCUT2D eigenvalue weighted by Crippen LogP contribution is 2.49. The molecule has 0 bridgehead atoms. The smallest absolute Gasteiger partial charge is 0.216 e. The third kappa shape index (κ3) is 14.2. The Morgan fingerprint density at radius 3 is 1.00 bits per heavy atom. The first-order valence-electron chi connectivity index (χ1n) is 41.2. The zero-order valence-electron chi connectivity index (χ0n) is 68.7. The fourth-order valence-corrected chi connectivity index (χ4v) is 23.8. The fourth-order valence-electron chi connectivity index (χ4n) is 16.1. The number of halogens is 5. The average Bonchev–Trinajstić information content (AvgIpc) is 1.39. The predicted octanol–water partition coefficient (Wildman–Crippen LogP) is 32.8. The van der Waals surface area contributed by atoms with Gasteiger partial charge in [-0.15, -0.1) is 68.0 Å². The van der Waals surface area contributed by atoms with Crippen LogP contribution in [-0.2, 0) is 0 Å². The van der Waals surface area contributed by atoms with Crippen LogP contribution in [0.15, 0.2) is 334 Å². The molecule has 10 nitrogen and oxygen atoms in total. The third-order valence-electron chi connectivity index (χ3n) is 21.4. The van der Waals surface area contributed by atoms with Crippen LogP contribution in [0.1, 0.15) is 6.85 Å². The molecule has 11 heterocycles. The van der Waals surface area contributed by atoms with Crippen LogP contribution in [0.25, 0.3) is 221 Å². The Morgan fingerprint density at radius 2 is 0.512 bits per heavy atom. The highest BCUT2D eigenvalue weighted by molar-refractivity contribution is 7.28. The molecule has 0 N–H and O–H groups in total. The van der Waals surface area contributed by atoms with Crippen molar-refractivity contribution in [2.45, 2.75) is 0 Å². The summed E-state index contributed by atoms with van der Waals surface area (Å²) in [7, 11) is 0. The maximum atomic E-state index is 8.18. The van der Waals surface area contributed by atoms with Crippen molar-refractivity contribution in [3.05, 3.63) is 360 Å². The summed E-state index contributed by atoms with van der Waals surface area (Å²) in [6.45, 7) is 0. The van der Waals surface area contributed by atoms with Gasteiger partial charge in [0.1, 0.15) is 0 Å². The van der Waals surface area contributed by atoms with Gasteiger partial charge in [-0.05, 0) is 150 Å². The van der Waals surface area contributed by atoms with E-state index in [0.717, 1.165) is 118 Å². The van der Waals surface area contributed by atoms with Crippen molar-refractivity contribution >= 4 is 291 Å². The van der Waals surface area contributed by atoms with Crippen LogP contribution in [0.3, 0.4) is 0 Å². The van der Waals surface area contributed by atoms with Crippen molar-refractivity contribution in [3.8, 4) is 56.3 Å². The Hall–Kier alpha value is -12.5. The lowest BCUT2D eigenvalue weighted by molar-refractivity contribution is 1.24. The van der Waals surface area contributed by atoms with Crippen molar-refractivity contribution in [1.82, 2.24) is 49.8 Å². The molecule has 0 aliphatic rings. The minimum atomic E-state index is -0.438. The molecule has 0 radical (unpaired) electrons. The zero-order chi connectivity index (χ0) is 86.7. The molecule has 0 aliphatic heterocycles. The lowest BCUT2D eigenvalue weighted by Crippen LogP contribution is -1.91. The Morgan fingerprint density at radius 1 is 0.195 bits per heavy atom. The number of rotatable bonds is 5. The van der Waals surface area contributed by atoms with Gasteiger partial charge in [-0.3, -0.25) is 0 Å². The average molecular weight is 1800 g/mol. The zero-order valence-corrected chi connectivity index (χ0v) is 72.4. The number of fused-ring (bicyclic) bond motifs is 23. The summed E-state index contributed by atoms with van der Waals surface area (Å²) in [4.78, 5) is 45.0. The molecule has 11 aromatic heterocycles. The lowest BCUT2D eigenvalue weighted by Gasteiger charge is -2.11. The van der Waals surface area contributed by atoms with Crippen molar-refractivity contribution in [1.29, 1.82) is 0 Å². The predicted molar refractivity (Wildman–Crippen MR) is 530 cm³/mol.